The Bertz CT molecular complexity index is 578. The Kier molecular flexibility index (Phi) is 3.22. The largest absolute Gasteiger partial charge is 0.493 e. The molecule has 0 saturated carbocycles. The van der Waals surface area contributed by atoms with Crippen molar-refractivity contribution in [2.24, 2.45) is 0 Å². The van der Waals surface area contributed by atoms with Crippen LogP contribution in [0.4, 0.5) is 0 Å². The van der Waals surface area contributed by atoms with Gasteiger partial charge in [0.2, 0.25) is 0 Å². The van der Waals surface area contributed by atoms with E-state index in [1.54, 1.807) is 6.20 Å². The Morgan fingerprint density at radius 2 is 2.16 bits per heavy atom. The minimum atomic E-state index is -0.679. The SMILES string of the molecule is Cc1ccc(C(O)c2cccc3c2OCCC3)cn1. The molecule has 0 saturated heterocycles. The quantitative estimate of drug-likeness (QED) is 0.897. The number of para-hydroxylation sites is 1. The lowest BCUT2D eigenvalue weighted by molar-refractivity contribution is 0.206. The zero-order valence-electron chi connectivity index (χ0n) is 11.0. The number of aliphatic hydroxyl groups excluding tert-OH is 1. The molecule has 2 aromatic rings. The second kappa shape index (κ2) is 5.02. The fraction of sp³-hybridized carbons (Fsp3) is 0.312. The predicted molar refractivity (Wildman–Crippen MR) is 73.3 cm³/mol. The molecule has 3 heteroatoms. The number of hydrogen-bond donors (Lipinski definition) is 1. The van der Waals surface area contributed by atoms with Crippen LogP contribution in [0.25, 0.3) is 0 Å². The van der Waals surface area contributed by atoms with Crippen LogP contribution in [0.3, 0.4) is 0 Å². The normalized spacial score (nSPS) is 15.5. The summed E-state index contributed by atoms with van der Waals surface area (Å²) in [6.07, 6.45) is 3.10. The zero-order valence-corrected chi connectivity index (χ0v) is 11.0. The summed E-state index contributed by atoms with van der Waals surface area (Å²) in [5.74, 6) is 0.849. The van der Waals surface area contributed by atoms with Crippen molar-refractivity contribution in [1.82, 2.24) is 4.98 Å². The van der Waals surface area contributed by atoms with Gasteiger partial charge in [-0.2, -0.15) is 0 Å². The van der Waals surface area contributed by atoms with Gasteiger partial charge < -0.3 is 9.84 Å². The molecule has 0 amide bonds. The molecule has 19 heavy (non-hydrogen) atoms. The lowest BCUT2D eigenvalue weighted by Gasteiger charge is -2.22. The van der Waals surface area contributed by atoms with Crippen molar-refractivity contribution in [3.63, 3.8) is 0 Å². The summed E-state index contributed by atoms with van der Waals surface area (Å²) in [6.45, 7) is 2.66. The molecule has 0 bridgehead atoms. The molecule has 1 N–H and O–H groups in total. The maximum Gasteiger partial charge on any atom is 0.128 e. The molecule has 1 aliphatic heterocycles. The lowest BCUT2D eigenvalue weighted by Crippen LogP contribution is -2.12. The molecule has 0 aliphatic carbocycles. The summed E-state index contributed by atoms with van der Waals surface area (Å²) in [5, 5.41) is 10.5. The third kappa shape index (κ3) is 2.34. The van der Waals surface area contributed by atoms with Gasteiger partial charge in [0.25, 0.3) is 0 Å². The van der Waals surface area contributed by atoms with Crippen molar-refractivity contribution in [2.75, 3.05) is 6.61 Å². The highest BCUT2D eigenvalue weighted by atomic mass is 16.5. The second-order valence-corrected chi connectivity index (χ2v) is 4.92. The van der Waals surface area contributed by atoms with Gasteiger partial charge in [-0.15, -0.1) is 0 Å². The fourth-order valence-corrected chi connectivity index (χ4v) is 2.45. The number of aromatic nitrogens is 1. The first kappa shape index (κ1) is 12.2. The number of aryl methyl sites for hydroxylation is 2. The van der Waals surface area contributed by atoms with Gasteiger partial charge >= 0.3 is 0 Å². The Hall–Kier alpha value is -1.87. The lowest BCUT2D eigenvalue weighted by atomic mass is 9.96. The Morgan fingerprint density at radius 3 is 2.95 bits per heavy atom. The van der Waals surface area contributed by atoms with E-state index in [1.807, 2.05) is 31.2 Å². The predicted octanol–water partition coefficient (Wildman–Crippen LogP) is 2.80. The topological polar surface area (TPSA) is 42.4 Å². The summed E-state index contributed by atoms with van der Waals surface area (Å²) < 4.78 is 5.74. The highest BCUT2D eigenvalue weighted by Gasteiger charge is 2.20. The minimum Gasteiger partial charge on any atom is -0.493 e. The molecule has 1 aromatic heterocycles. The van der Waals surface area contributed by atoms with Crippen molar-refractivity contribution in [3.8, 4) is 5.75 Å². The van der Waals surface area contributed by atoms with Crippen molar-refractivity contribution in [1.29, 1.82) is 0 Å². The molecular formula is C16H17NO2. The number of rotatable bonds is 2. The number of fused-ring (bicyclic) bond motifs is 1. The van der Waals surface area contributed by atoms with E-state index in [0.717, 1.165) is 42.0 Å². The second-order valence-electron chi connectivity index (χ2n) is 4.92. The smallest absolute Gasteiger partial charge is 0.128 e. The maximum absolute atomic E-state index is 10.5. The maximum atomic E-state index is 10.5. The molecule has 0 radical (unpaired) electrons. The molecule has 98 valence electrons. The van der Waals surface area contributed by atoms with Crippen LogP contribution in [0, 0.1) is 6.92 Å². The van der Waals surface area contributed by atoms with E-state index in [4.69, 9.17) is 4.74 Å². The van der Waals surface area contributed by atoms with Crippen LogP contribution in [0.15, 0.2) is 36.5 Å². The van der Waals surface area contributed by atoms with Crippen molar-refractivity contribution >= 4 is 0 Å². The first-order valence-corrected chi connectivity index (χ1v) is 6.61. The van der Waals surface area contributed by atoms with Crippen molar-refractivity contribution < 1.29 is 9.84 Å². The number of pyridine rings is 1. The van der Waals surface area contributed by atoms with E-state index in [0.29, 0.717) is 0 Å². The van der Waals surface area contributed by atoms with Gasteiger partial charge in [0, 0.05) is 23.0 Å². The molecule has 1 unspecified atom stereocenters. The van der Waals surface area contributed by atoms with Crippen LogP contribution >= 0.6 is 0 Å². The van der Waals surface area contributed by atoms with Gasteiger partial charge in [0.1, 0.15) is 11.9 Å². The number of benzene rings is 1. The summed E-state index contributed by atoms with van der Waals surface area (Å²) in [7, 11) is 0. The van der Waals surface area contributed by atoms with Crippen molar-refractivity contribution in [2.45, 2.75) is 25.9 Å². The number of nitrogens with zero attached hydrogens (tertiary/aromatic N) is 1. The average molecular weight is 255 g/mol. The van der Waals surface area contributed by atoms with Crippen LogP contribution in [0.1, 0.15) is 34.9 Å². The van der Waals surface area contributed by atoms with Crippen LogP contribution in [-0.2, 0) is 6.42 Å². The summed E-state index contributed by atoms with van der Waals surface area (Å²) in [6, 6.07) is 9.80. The van der Waals surface area contributed by atoms with Crippen LogP contribution in [0.5, 0.6) is 5.75 Å². The van der Waals surface area contributed by atoms with E-state index < -0.39 is 6.10 Å². The van der Waals surface area contributed by atoms with E-state index >= 15 is 0 Å². The van der Waals surface area contributed by atoms with Crippen molar-refractivity contribution in [3.05, 3.63) is 58.9 Å². The fourth-order valence-electron chi connectivity index (χ4n) is 2.45. The van der Waals surface area contributed by atoms with Gasteiger partial charge in [-0.05, 0) is 31.4 Å². The summed E-state index contributed by atoms with van der Waals surface area (Å²) in [4.78, 5) is 4.24. The molecule has 0 spiro atoms. The van der Waals surface area contributed by atoms with Gasteiger partial charge in [-0.25, -0.2) is 0 Å². The molecule has 0 fully saturated rings. The molecule has 1 aliphatic rings. The third-order valence-electron chi connectivity index (χ3n) is 3.51. The summed E-state index contributed by atoms with van der Waals surface area (Å²) >= 11 is 0. The Balaban J connectivity index is 1.99. The van der Waals surface area contributed by atoms with Crippen LogP contribution in [0.2, 0.25) is 0 Å². The number of hydrogen-bond acceptors (Lipinski definition) is 3. The molecule has 1 aromatic carbocycles. The summed E-state index contributed by atoms with van der Waals surface area (Å²) in [5.41, 5.74) is 3.76. The third-order valence-corrected chi connectivity index (χ3v) is 3.51. The van der Waals surface area contributed by atoms with Gasteiger partial charge in [-0.3, -0.25) is 4.98 Å². The highest BCUT2D eigenvalue weighted by Crippen LogP contribution is 2.35. The molecule has 2 heterocycles. The monoisotopic (exact) mass is 255 g/mol. The standard InChI is InChI=1S/C16H17NO2/c1-11-7-8-13(10-17-11)15(18)14-6-2-4-12-5-3-9-19-16(12)14/h2,4,6-8,10,15,18H,3,5,9H2,1H3. The van der Waals surface area contributed by atoms with Gasteiger partial charge in [-0.1, -0.05) is 24.3 Å². The molecular weight excluding hydrogens is 238 g/mol. The van der Waals surface area contributed by atoms with E-state index in [-0.39, 0.29) is 0 Å². The zero-order chi connectivity index (χ0) is 13.2. The van der Waals surface area contributed by atoms with Gasteiger partial charge in [0.15, 0.2) is 0 Å². The molecule has 3 rings (SSSR count). The van der Waals surface area contributed by atoms with E-state index in [1.165, 1.54) is 5.56 Å². The molecule has 3 nitrogen and oxygen atoms in total. The minimum absolute atomic E-state index is 0.679. The number of aliphatic hydroxyl groups is 1. The first-order chi connectivity index (χ1) is 9.25. The Labute approximate surface area is 112 Å². The molecule has 1 atom stereocenters. The van der Waals surface area contributed by atoms with Crippen LogP contribution in [-0.4, -0.2) is 16.7 Å². The van der Waals surface area contributed by atoms with E-state index in [2.05, 4.69) is 11.1 Å². The highest BCUT2D eigenvalue weighted by molar-refractivity contribution is 5.46. The number of ether oxygens (including phenoxy) is 1. The Morgan fingerprint density at radius 1 is 1.26 bits per heavy atom. The van der Waals surface area contributed by atoms with Gasteiger partial charge in [0.05, 0.1) is 6.61 Å². The van der Waals surface area contributed by atoms with Crippen LogP contribution < -0.4 is 4.74 Å². The average Bonchev–Trinajstić information content (AvgIpc) is 2.47. The first-order valence-electron chi connectivity index (χ1n) is 6.61. The van der Waals surface area contributed by atoms with E-state index in [9.17, 15) is 5.11 Å².